The molecule has 5 aromatic rings. The number of rotatable bonds is 6. The first-order chi connectivity index (χ1) is 17.1. The van der Waals surface area contributed by atoms with Gasteiger partial charge in [-0.3, -0.25) is 4.40 Å². The first-order valence-electron chi connectivity index (χ1n) is 11.6. The minimum Gasteiger partial charge on any atom is -0.489 e. The zero-order valence-electron chi connectivity index (χ0n) is 19.4. The summed E-state index contributed by atoms with van der Waals surface area (Å²) in [6.45, 7) is 1.47. The van der Waals surface area contributed by atoms with Crippen LogP contribution >= 0.6 is 0 Å². The first-order valence-corrected chi connectivity index (χ1v) is 11.6. The molecule has 1 fully saturated rings. The summed E-state index contributed by atoms with van der Waals surface area (Å²) in [5.41, 5.74) is 5.10. The van der Waals surface area contributed by atoms with Crippen molar-refractivity contribution in [3.05, 3.63) is 90.4 Å². The number of hydrogen-bond acceptors (Lipinski definition) is 5. The van der Waals surface area contributed by atoms with Crippen LogP contribution in [0, 0.1) is 5.82 Å². The van der Waals surface area contributed by atoms with Gasteiger partial charge in [0, 0.05) is 62.6 Å². The Kier molecular flexibility index (Phi) is 5.51. The number of benzene rings is 2. The molecule has 3 aromatic heterocycles. The maximum absolute atomic E-state index is 14.6. The van der Waals surface area contributed by atoms with E-state index in [0.29, 0.717) is 38.4 Å². The van der Waals surface area contributed by atoms with Crippen molar-refractivity contribution in [1.82, 2.24) is 9.38 Å². The number of pyridine rings is 1. The van der Waals surface area contributed by atoms with Gasteiger partial charge in [-0.25, -0.2) is 9.37 Å². The Bertz CT molecular complexity index is 1490. The molecular weight excluding hydrogens is 447 g/mol. The van der Waals surface area contributed by atoms with E-state index in [-0.39, 0.29) is 5.82 Å². The second kappa shape index (κ2) is 8.83. The summed E-state index contributed by atoms with van der Waals surface area (Å²) >= 11 is 0. The molecule has 0 atom stereocenters. The van der Waals surface area contributed by atoms with Gasteiger partial charge in [-0.2, -0.15) is 0 Å². The van der Waals surface area contributed by atoms with Gasteiger partial charge >= 0.3 is 0 Å². The summed E-state index contributed by atoms with van der Waals surface area (Å²) in [4.78, 5) is 4.48. The molecule has 0 bridgehead atoms. The zero-order valence-corrected chi connectivity index (χ0v) is 19.4. The van der Waals surface area contributed by atoms with Crippen molar-refractivity contribution in [2.24, 2.45) is 0 Å². The van der Waals surface area contributed by atoms with Crippen molar-refractivity contribution in [1.29, 1.82) is 0 Å². The van der Waals surface area contributed by atoms with Gasteiger partial charge < -0.3 is 18.6 Å². The molecule has 35 heavy (non-hydrogen) atoms. The van der Waals surface area contributed by atoms with E-state index in [9.17, 15) is 4.39 Å². The van der Waals surface area contributed by atoms with Gasteiger partial charge in [0.2, 0.25) is 0 Å². The number of halogens is 1. The van der Waals surface area contributed by atoms with Crippen LogP contribution in [0.1, 0.15) is 24.0 Å². The van der Waals surface area contributed by atoms with Crippen LogP contribution in [0.2, 0.25) is 0 Å². The molecule has 0 saturated carbocycles. The van der Waals surface area contributed by atoms with Crippen molar-refractivity contribution in [3.63, 3.8) is 0 Å². The molecule has 0 N–H and O–H groups in total. The summed E-state index contributed by atoms with van der Waals surface area (Å²) in [5.74, 6) is 0.131. The highest BCUT2D eigenvalue weighted by molar-refractivity contribution is 5.97. The molecule has 1 aliphatic heterocycles. The molecule has 4 heterocycles. The topological polar surface area (TPSA) is 58.1 Å². The average Bonchev–Trinajstić information content (AvgIpc) is 3.59. The molecule has 1 saturated heterocycles. The Morgan fingerprint density at radius 3 is 2.77 bits per heavy atom. The van der Waals surface area contributed by atoms with Crippen LogP contribution in [-0.4, -0.2) is 29.7 Å². The van der Waals surface area contributed by atoms with Crippen LogP contribution in [-0.2, 0) is 21.7 Å². The first kappa shape index (κ1) is 21.8. The Morgan fingerprint density at radius 2 is 1.97 bits per heavy atom. The van der Waals surface area contributed by atoms with Crippen molar-refractivity contribution in [2.75, 3.05) is 20.3 Å². The minimum absolute atomic E-state index is 0.300. The van der Waals surface area contributed by atoms with Gasteiger partial charge in [0.25, 0.3) is 0 Å². The lowest BCUT2D eigenvalue weighted by molar-refractivity contribution is -0.0950. The molecule has 6 rings (SSSR count). The lowest BCUT2D eigenvalue weighted by atomic mass is 9.86. The smallest absolute Gasteiger partial charge is 0.137 e. The molecule has 6 nitrogen and oxygen atoms in total. The highest BCUT2D eigenvalue weighted by atomic mass is 19.1. The van der Waals surface area contributed by atoms with E-state index in [1.54, 1.807) is 25.8 Å². The summed E-state index contributed by atoms with van der Waals surface area (Å²) in [5, 5.41) is 1.08. The normalized spacial score (nSPS) is 15.6. The van der Waals surface area contributed by atoms with Crippen LogP contribution in [0.25, 0.3) is 27.7 Å². The third kappa shape index (κ3) is 3.96. The average molecular weight is 473 g/mol. The molecule has 0 amide bonds. The fourth-order valence-electron chi connectivity index (χ4n) is 4.97. The van der Waals surface area contributed by atoms with Crippen LogP contribution in [0.3, 0.4) is 0 Å². The minimum atomic E-state index is -0.558. The highest BCUT2D eigenvalue weighted by Gasteiger charge is 2.35. The number of fused-ring (bicyclic) bond motifs is 3. The van der Waals surface area contributed by atoms with Gasteiger partial charge in [-0.15, -0.1) is 0 Å². The standard InChI is InChI=1S/C28H25FN2O4/c1-32-28(5-10-33-11-6-28)21-13-22(29)15-23(14-21)35-17-19-2-3-24-25(20-4-9-34-18-20)16-27-30-7-8-31(27)26(24)12-19/h2-4,7-9,12-16,18H,5-6,10-11,17H2,1H3. The fraction of sp³-hybridized carbons (Fsp3) is 0.250. The maximum atomic E-state index is 14.6. The van der Waals surface area contributed by atoms with E-state index in [4.69, 9.17) is 18.6 Å². The van der Waals surface area contributed by atoms with Gasteiger partial charge in [-0.05, 0) is 47.0 Å². The van der Waals surface area contributed by atoms with Gasteiger partial charge in [0.15, 0.2) is 0 Å². The highest BCUT2D eigenvalue weighted by Crippen LogP contribution is 2.38. The molecule has 178 valence electrons. The number of hydrogen-bond donors (Lipinski definition) is 0. The Morgan fingerprint density at radius 1 is 1.09 bits per heavy atom. The Balaban J connectivity index is 1.32. The Hall–Kier alpha value is -3.68. The van der Waals surface area contributed by atoms with Crippen LogP contribution < -0.4 is 4.74 Å². The molecule has 7 heteroatoms. The summed E-state index contributed by atoms with van der Waals surface area (Å²) in [6, 6.07) is 15.0. The number of methoxy groups -OCH3 is 1. The number of ether oxygens (including phenoxy) is 3. The number of imidazole rings is 1. The summed E-state index contributed by atoms with van der Waals surface area (Å²) in [7, 11) is 1.67. The Labute approximate surface area is 201 Å². The van der Waals surface area contributed by atoms with Crippen LogP contribution in [0.4, 0.5) is 4.39 Å². The third-order valence-electron chi connectivity index (χ3n) is 6.88. The predicted molar refractivity (Wildman–Crippen MR) is 130 cm³/mol. The van der Waals surface area contributed by atoms with E-state index < -0.39 is 5.60 Å². The largest absolute Gasteiger partial charge is 0.489 e. The van der Waals surface area contributed by atoms with Crippen LogP contribution in [0.15, 0.2) is 77.9 Å². The summed E-state index contributed by atoms with van der Waals surface area (Å²) in [6.07, 6.45) is 8.48. The van der Waals surface area contributed by atoms with Crippen molar-refractivity contribution >= 4 is 16.6 Å². The quantitative estimate of drug-likeness (QED) is 0.298. The second-order valence-corrected chi connectivity index (χ2v) is 8.85. The molecule has 0 radical (unpaired) electrons. The lowest BCUT2D eigenvalue weighted by Crippen LogP contribution is -2.35. The molecule has 0 unspecified atom stereocenters. The second-order valence-electron chi connectivity index (χ2n) is 8.85. The van der Waals surface area contributed by atoms with Crippen molar-refractivity contribution < 1.29 is 23.0 Å². The van der Waals surface area contributed by atoms with E-state index in [0.717, 1.165) is 38.8 Å². The SMILES string of the molecule is COC1(c2cc(F)cc(OCc3ccc4c(-c5ccoc5)cc5nccn5c4c3)c2)CCOCC1. The van der Waals surface area contributed by atoms with Crippen molar-refractivity contribution in [2.45, 2.75) is 25.0 Å². The monoisotopic (exact) mass is 472 g/mol. The number of aromatic nitrogens is 2. The molecule has 0 spiro atoms. The van der Waals surface area contributed by atoms with Gasteiger partial charge in [0.1, 0.15) is 23.8 Å². The maximum Gasteiger partial charge on any atom is 0.137 e. The predicted octanol–water partition coefficient (Wildman–Crippen LogP) is 6.12. The van der Waals surface area contributed by atoms with E-state index in [1.165, 1.54) is 12.1 Å². The van der Waals surface area contributed by atoms with Gasteiger partial charge in [-0.1, -0.05) is 12.1 Å². The lowest BCUT2D eigenvalue weighted by Gasteiger charge is -2.36. The number of nitrogens with zero attached hydrogens (tertiary/aromatic N) is 2. The van der Waals surface area contributed by atoms with E-state index >= 15 is 0 Å². The van der Waals surface area contributed by atoms with E-state index in [1.807, 2.05) is 24.4 Å². The zero-order chi connectivity index (χ0) is 23.8. The fourth-order valence-corrected chi connectivity index (χ4v) is 4.97. The molecule has 0 aliphatic carbocycles. The van der Waals surface area contributed by atoms with Gasteiger partial charge in [0.05, 0.1) is 23.6 Å². The molecule has 1 aliphatic rings. The third-order valence-corrected chi connectivity index (χ3v) is 6.88. The molecular formula is C28H25FN2O4. The van der Waals surface area contributed by atoms with E-state index in [2.05, 4.69) is 27.6 Å². The number of furan rings is 1. The molecule has 2 aromatic carbocycles. The van der Waals surface area contributed by atoms with Crippen LogP contribution in [0.5, 0.6) is 5.75 Å². The summed E-state index contributed by atoms with van der Waals surface area (Å²) < 4.78 is 39.3. The van der Waals surface area contributed by atoms with Crippen molar-refractivity contribution in [3.8, 4) is 16.9 Å².